The number of phenols is 2. The lowest BCUT2D eigenvalue weighted by atomic mass is 9.98. The number of nitro benzene ring substituents is 1. The van der Waals surface area contributed by atoms with E-state index in [0.29, 0.717) is 6.07 Å². The number of alkyl halides is 3. The number of hydrogen-bond donors (Lipinski definition) is 2. The Bertz CT molecular complexity index is 1060. The Hall–Kier alpha value is -3.81. The summed E-state index contributed by atoms with van der Waals surface area (Å²) < 4.78 is 40.5. The van der Waals surface area contributed by atoms with E-state index in [1.54, 1.807) is 6.07 Å². The molecular formula is C17H12F3N3O5. The number of pyridine rings is 1. The number of phenolic OH excluding ortho intramolecular Hbond substituents is 2. The van der Waals surface area contributed by atoms with Crippen LogP contribution in [0.1, 0.15) is 28.1 Å². The SMILES string of the molecule is Cc1cc(C(F)(F)F)c(/C=C(/C#N)c2cc(O)c(O)c([N+](=O)[O-])c2)c(C)[n+]1[O-]. The van der Waals surface area contributed by atoms with Crippen LogP contribution in [0.5, 0.6) is 11.5 Å². The van der Waals surface area contributed by atoms with Gasteiger partial charge in [0, 0.05) is 31.5 Å². The molecule has 11 heteroatoms. The molecule has 146 valence electrons. The van der Waals surface area contributed by atoms with E-state index in [9.17, 15) is 44.0 Å². The molecule has 0 amide bonds. The Labute approximate surface area is 155 Å². The Kier molecular flexibility index (Phi) is 5.18. The Morgan fingerprint density at radius 1 is 1.29 bits per heavy atom. The van der Waals surface area contributed by atoms with Crippen LogP contribution in [0.15, 0.2) is 18.2 Å². The molecule has 0 atom stereocenters. The van der Waals surface area contributed by atoms with Gasteiger partial charge in [0.25, 0.3) is 0 Å². The van der Waals surface area contributed by atoms with Crippen LogP contribution in [0.25, 0.3) is 11.6 Å². The van der Waals surface area contributed by atoms with Gasteiger partial charge in [-0.2, -0.15) is 23.2 Å². The molecule has 0 unspecified atom stereocenters. The number of aromatic hydroxyl groups is 2. The minimum absolute atomic E-state index is 0.210. The first kappa shape index (κ1) is 20.5. The lowest BCUT2D eigenvalue weighted by Gasteiger charge is -2.15. The van der Waals surface area contributed by atoms with Crippen molar-refractivity contribution in [3.63, 3.8) is 0 Å². The van der Waals surface area contributed by atoms with E-state index in [-0.39, 0.29) is 21.7 Å². The van der Waals surface area contributed by atoms with Crippen LogP contribution in [0.3, 0.4) is 0 Å². The lowest BCUT2D eigenvalue weighted by molar-refractivity contribution is -0.619. The molecule has 1 heterocycles. The summed E-state index contributed by atoms with van der Waals surface area (Å²) >= 11 is 0. The molecule has 1 aromatic carbocycles. The molecule has 2 N–H and O–H groups in total. The molecule has 0 aliphatic carbocycles. The predicted octanol–water partition coefficient (Wildman–Crippen LogP) is 3.34. The maximum atomic E-state index is 13.4. The van der Waals surface area contributed by atoms with E-state index < -0.39 is 45.0 Å². The predicted molar refractivity (Wildman–Crippen MR) is 89.8 cm³/mol. The van der Waals surface area contributed by atoms with Gasteiger partial charge in [0.05, 0.1) is 27.7 Å². The van der Waals surface area contributed by atoms with Crippen molar-refractivity contribution in [3.05, 3.63) is 61.6 Å². The average molecular weight is 395 g/mol. The third-order valence-electron chi connectivity index (χ3n) is 3.95. The number of hydrogen-bond acceptors (Lipinski definition) is 6. The summed E-state index contributed by atoms with van der Waals surface area (Å²) in [6.07, 6.45) is -4.08. The molecule has 0 aliphatic rings. The summed E-state index contributed by atoms with van der Waals surface area (Å²) in [5, 5.41) is 51.4. The van der Waals surface area contributed by atoms with Crippen molar-refractivity contribution in [2.24, 2.45) is 0 Å². The topological polar surface area (TPSA) is 134 Å². The number of benzene rings is 1. The van der Waals surface area contributed by atoms with Crippen molar-refractivity contribution in [2.75, 3.05) is 0 Å². The van der Waals surface area contributed by atoms with E-state index in [1.165, 1.54) is 6.92 Å². The first-order chi connectivity index (χ1) is 12.9. The van der Waals surface area contributed by atoms with E-state index in [0.717, 1.165) is 25.1 Å². The van der Waals surface area contributed by atoms with Crippen molar-refractivity contribution in [1.82, 2.24) is 0 Å². The second-order valence-electron chi connectivity index (χ2n) is 5.78. The lowest BCUT2D eigenvalue weighted by Crippen LogP contribution is -2.36. The van der Waals surface area contributed by atoms with Crippen LogP contribution in [0, 0.1) is 40.5 Å². The first-order valence-corrected chi connectivity index (χ1v) is 7.52. The summed E-state index contributed by atoms with van der Waals surface area (Å²) in [6.45, 7) is 2.32. The highest BCUT2D eigenvalue weighted by molar-refractivity contribution is 5.91. The van der Waals surface area contributed by atoms with E-state index in [1.807, 2.05) is 0 Å². The molecule has 0 spiro atoms. The van der Waals surface area contributed by atoms with E-state index in [4.69, 9.17) is 0 Å². The molecule has 0 bridgehead atoms. The summed E-state index contributed by atoms with van der Waals surface area (Å²) in [7, 11) is 0. The highest BCUT2D eigenvalue weighted by Gasteiger charge is 2.36. The average Bonchev–Trinajstić information content (AvgIpc) is 2.60. The van der Waals surface area contributed by atoms with Crippen molar-refractivity contribution < 1.29 is 33.0 Å². The fourth-order valence-corrected chi connectivity index (χ4v) is 2.55. The Morgan fingerprint density at radius 2 is 1.89 bits per heavy atom. The number of aryl methyl sites for hydroxylation is 1. The van der Waals surface area contributed by atoms with Crippen LogP contribution < -0.4 is 4.73 Å². The molecule has 0 saturated heterocycles. The standard InChI is InChI=1S/C17H12F3N3O5/c1-8-3-13(17(18,19)20)12(9(2)22(8)26)4-11(7-21)10-5-14(23(27)28)16(25)15(24)6-10/h3-6,24-25H,1-2H3/b11-4-. The van der Waals surface area contributed by atoms with Crippen molar-refractivity contribution >= 4 is 17.3 Å². The third kappa shape index (κ3) is 3.66. The number of aromatic nitrogens is 1. The zero-order valence-corrected chi connectivity index (χ0v) is 14.4. The van der Waals surface area contributed by atoms with Gasteiger partial charge in [0.1, 0.15) is 0 Å². The van der Waals surface area contributed by atoms with Crippen molar-refractivity contribution in [1.29, 1.82) is 5.26 Å². The molecule has 2 rings (SSSR count). The number of rotatable bonds is 3. The minimum Gasteiger partial charge on any atom is -0.618 e. The van der Waals surface area contributed by atoms with Crippen LogP contribution in [-0.2, 0) is 6.18 Å². The van der Waals surface area contributed by atoms with Crippen LogP contribution >= 0.6 is 0 Å². The number of nitrogens with zero attached hydrogens (tertiary/aromatic N) is 3. The third-order valence-corrected chi connectivity index (χ3v) is 3.95. The molecule has 1 aromatic heterocycles. The molecule has 0 aliphatic heterocycles. The molecule has 0 radical (unpaired) electrons. The number of nitriles is 1. The van der Waals surface area contributed by atoms with Gasteiger partial charge < -0.3 is 15.4 Å². The Morgan fingerprint density at radius 3 is 2.39 bits per heavy atom. The highest BCUT2D eigenvalue weighted by Crippen LogP contribution is 2.39. The van der Waals surface area contributed by atoms with Crippen LogP contribution in [0.4, 0.5) is 18.9 Å². The minimum atomic E-state index is -4.83. The van der Waals surface area contributed by atoms with Gasteiger partial charge in [-0.1, -0.05) is 0 Å². The van der Waals surface area contributed by atoms with Gasteiger partial charge in [-0.05, 0) is 12.1 Å². The quantitative estimate of drug-likeness (QED) is 0.204. The molecule has 0 saturated carbocycles. The maximum Gasteiger partial charge on any atom is 0.417 e. The van der Waals surface area contributed by atoms with Gasteiger partial charge in [-0.15, -0.1) is 0 Å². The molecule has 8 nitrogen and oxygen atoms in total. The van der Waals surface area contributed by atoms with Gasteiger partial charge in [0.2, 0.25) is 5.75 Å². The fraction of sp³-hybridized carbons (Fsp3) is 0.176. The summed E-state index contributed by atoms with van der Waals surface area (Å²) in [5.41, 5.74) is -4.05. The second-order valence-corrected chi connectivity index (χ2v) is 5.78. The van der Waals surface area contributed by atoms with Gasteiger partial charge in [-0.25, -0.2) is 0 Å². The van der Waals surface area contributed by atoms with Crippen LogP contribution in [-0.4, -0.2) is 15.1 Å². The smallest absolute Gasteiger partial charge is 0.417 e. The van der Waals surface area contributed by atoms with Crippen LogP contribution in [0.2, 0.25) is 0 Å². The molecule has 2 aromatic rings. The number of allylic oxidation sites excluding steroid dienone is 1. The zero-order valence-electron chi connectivity index (χ0n) is 14.4. The Balaban J connectivity index is 2.82. The molecule has 28 heavy (non-hydrogen) atoms. The summed E-state index contributed by atoms with van der Waals surface area (Å²) in [5.74, 6) is -1.98. The van der Waals surface area contributed by atoms with Crippen molar-refractivity contribution in [2.45, 2.75) is 20.0 Å². The maximum absolute atomic E-state index is 13.4. The second kappa shape index (κ2) is 7.07. The summed E-state index contributed by atoms with van der Waals surface area (Å²) in [4.78, 5) is 9.93. The fourth-order valence-electron chi connectivity index (χ4n) is 2.55. The first-order valence-electron chi connectivity index (χ1n) is 7.52. The van der Waals surface area contributed by atoms with Gasteiger partial charge in [0.15, 0.2) is 17.1 Å². The normalized spacial score (nSPS) is 11.9. The molecular weight excluding hydrogens is 383 g/mol. The molecule has 0 fully saturated rings. The summed E-state index contributed by atoms with van der Waals surface area (Å²) in [6, 6.07) is 3.73. The van der Waals surface area contributed by atoms with Gasteiger partial charge in [-0.3, -0.25) is 10.1 Å². The number of halogens is 3. The monoisotopic (exact) mass is 395 g/mol. The number of nitro groups is 1. The van der Waals surface area contributed by atoms with Gasteiger partial charge >= 0.3 is 11.9 Å². The largest absolute Gasteiger partial charge is 0.618 e. The van der Waals surface area contributed by atoms with E-state index in [2.05, 4.69) is 0 Å². The van der Waals surface area contributed by atoms with E-state index >= 15 is 0 Å². The highest BCUT2D eigenvalue weighted by atomic mass is 19.4. The zero-order chi connectivity index (χ0) is 21.4. The van der Waals surface area contributed by atoms with Crippen molar-refractivity contribution in [3.8, 4) is 17.6 Å².